The molecule has 1 fully saturated rings. The van der Waals surface area contributed by atoms with Crippen LogP contribution in [0.15, 0.2) is 48.8 Å². The first-order valence-corrected chi connectivity index (χ1v) is 8.98. The molecule has 1 aliphatic heterocycles. The number of nitrogens with zero attached hydrogens (tertiary/aromatic N) is 2. The van der Waals surface area contributed by atoms with Gasteiger partial charge in [0.1, 0.15) is 9.96 Å². The first-order chi connectivity index (χ1) is 10.2. The summed E-state index contributed by atoms with van der Waals surface area (Å²) in [6.45, 7) is 0. The fourth-order valence-electron chi connectivity index (χ4n) is 2.24. The number of hydrogen-bond acceptors (Lipinski definition) is 4. The summed E-state index contributed by atoms with van der Waals surface area (Å²) in [6.07, 6.45) is 5.52. The predicted octanol–water partition coefficient (Wildman–Crippen LogP) is 4.20. The molecule has 6 heteroatoms. The number of carbonyl (C=O) groups excluding carboxylic acids is 1. The lowest BCUT2D eigenvalue weighted by Crippen LogP contribution is -2.30. The van der Waals surface area contributed by atoms with Crippen LogP contribution >= 0.6 is 35.1 Å². The van der Waals surface area contributed by atoms with Crippen molar-refractivity contribution in [2.45, 2.75) is 9.96 Å². The summed E-state index contributed by atoms with van der Waals surface area (Å²) in [6, 6.07) is 11.3. The molecule has 1 aromatic heterocycles. The van der Waals surface area contributed by atoms with Crippen LogP contribution < -0.4 is 4.90 Å². The van der Waals surface area contributed by atoms with Gasteiger partial charge in [0.25, 0.3) is 5.91 Å². The second-order valence-corrected chi connectivity index (χ2v) is 7.39. The smallest absolute Gasteiger partial charge is 0.251 e. The molecule has 21 heavy (non-hydrogen) atoms. The number of carbonyl (C=O) groups is 1. The standard InChI is InChI=1S/C15H13ClN2OS2/c1-20-15-13(19)18(12-6-4-11(16)5-7-12)14(21-15)10-3-2-8-17-9-10/h2-9,14-15H,1H3. The van der Waals surface area contributed by atoms with E-state index in [1.54, 1.807) is 29.7 Å². The molecule has 108 valence electrons. The van der Waals surface area contributed by atoms with Crippen LogP contribution in [0.25, 0.3) is 0 Å². The summed E-state index contributed by atoms with van der Waals surface area (Å²) in [5, 5.41) is 0.613. The van der Waals surface area contributed by atoms with E-state index >= 15 is 0 Å². The summed E-state index contributed by atoms with van der Waals surface area (Å²) in [4.78, 5) is 18.6. The minimum absolute atomic E-state index is 0.0511. The topological polar surface area (TPSA) is 33.2 Å². The van der Waals surface area contributed by atoms with Crippen molar-refractivity contribution in [3.63, 3.8) is 0 Å². The van der Waals surface area contributed by atoms with E-state index in [0.717, 1.165) is 11.3 Å². The van der Waals surface area contributed by atoms with Crippen molar-refractivity contribution in [1.82, 2.24) is 4.98 Å². The van der Waals surface area contributed by atoms with Gasteiger partial charge in [-0.1, -0.05) is 17.7 Å². The molecule has 3 rings (SSSR count). The van der Waals surface area contributed by atoms with Crippen molar-refractivity contribution in [3.05, 3.63) is 59.4 Å². The van der Waals surface area contributed by atoms with E-state index in [-0.39, 0.29) is 15.9 Å². The Kier molecular flexibility index (Phi) is 4.42. The third-order valence-corrected chi connectivity index (χ3v) is 6.20. The lowest BCUT2D eigenvalue weighted by Gasteiger charge is -2.23. The van der Waals surface area contributed by atoms with Crippen LogP contribution in [0.2, 0.25) is 5.02 Å². The number of aromatic nitrogens is 1. The maximum atomic E-state index is 12.6. The van der Waals surface area contributed by atoms with Crippen LogP contribution in [0.4, 0.5) is 5.69 Å². The molecule has 2 unspecified atom stereocenters. The van der Waals surface area contributed by atoms with Gasteiger partial charge >= 0.3 is 0 Å². The van der Waals surface area contributed by atoms with Gasteiger partial charge in [0.15, 0.2) is 0 Å². The number of halogens is 1. The summed E-state index contributed by atoms with van der Waals surface area (Å²) in [5.74, 6) is 0.115. The number of thioether (sulfide) groups is 2. The molecule has 2 aromatic rings. The van der Waals surface area contributed by atoms with Gasteiger partial charge in [0.2, 0.25) is 0 Å². The number of anilines is 1. The summed E-state index contributed by atoms with van der Waals surface area (Å²) >= 11 is 9.15. The number of hydrogen-bond donors (Lipinski definition) is 0. The Hall–Kier alpha value is -1.17. The molecule has 1 aromatic carbocycles. The van der Waals surface area contributed by atoms with E-state index in [0.29, 0.717) is 5.02 Å². The van der Waals surface area contributed by atoms with Gasteiger partial charge in [-0.15, -0.1) is 23.5 Å². The van der Waals surface area contributed by atoms with Crippen molar-refractivity contribution in [2.75, 3.05) is 11.2 Å². The Bertz CT molecular complexity index is 636. The van der Waals surface area contributed by atoms with Crippen LogP contribution in [0.3, 0.4) is 0 Å². The van der Waals surface area contributed by atoms with Gasteiger partial charge in [-0.2, -0.15) is 0 Å². The van der Waals surface area contributed by atoms with E-state index in [9.17, 15) is 4.79 Å². The summed E-state index contributed by atoms with van der Waals surface area (Å²) in [5.41, 5.74) is 1.89. The minimum Gasteiger partial charge on any atom is -0.294 e. The number of rotatable bonds is 3. The van der Waals surface area contributed by atoms with Gasteiger partial charge in [-0.05, 0) is 36.6 Å². The minimum atomic E-state index is -0.0918. The highest BCUT2D eigenvalue weighted by atomic mass is 35.5. The van der Waals surface area contributed by atoms with Crippen LogP contribution in [-0.2, 0) is 4.79 Å². The SMILES string of the molecule is CSC1SC(c2cccnc2)N(c2ccc(Cl)cc2)C1=O. The highest BCUT2D eigenvalue weighted by Crippen LogP contribution is 2.48. The average molecular weight is 337 g/mol. The molecule has 0 bridgehead atoms. The largest absolute Gasteiger partial charge is 0.294 e. The molecule has 0 spiro atoms. The Morgan fingerprint density at radius 3 is 2.67 bits per heavy atom. The summed E-state index contributed by atoms with van der Waals surface area (Å²) < 4.78 is -0.0918. The second-order valence-electron chi connectivity index (χ2n) is 4.53. The monoisotopic (exact) mass is 336 g/mol. The van der Waals surface area contributed by atoms with Gasteiger partial charge in [0.05, 0.1) is 0 Å². The molecule has 2 atom stereocenters. The van der Waals surface area contributed by atoms with E-state index in [2.05, 4.69) is 4.98 Å². The maximum Gasteiger partial charge on any atom is 0.251 e. The van der Waals surface area contributed by atoms with E-state index in [1.807, 2.05) is 53.8 Å². The lowest BCUT2D eigenvalue weighted by atomic mass is 10.2. The van der Waals surface area contributed by atoms with E-state index in [1.165, 1.54) is 0 Å². The number of amides is 1. The van der Waals surface area contributed by atoms with Crippen molar-refractivity contribution < 1.29 is 4.79 Å². The zero-order chi connectivity index (χ0) is 14.8. The molecular formula is C15H13ClN2OS2. The molecular weight excluding hydrogens is 324 g/mol. The molecule has 1 saturated heterocycles. The quantitative estimate of drug-likeness (QED) is 0.841. The Balaban J connectivity index is 2.01. The lowest BCUT2D eigenvalue weighted by molar-refractivity contribution is -0.116. The van der Waals surface area contributed by atoms with Crippen LogP contribution in [0.1, 0.15) is 10.9 Å². The fourth-order valence-corrected chi connectivity index (χ4v) is 4.55. The zero-order valence-corrected chi connectivity index (χ0v) is 13.7. The normalized spacial score (nSPS) is 21.8. The van der Waals surface area contributed by atoms with Crippen molar-refractivity contribution in [1.29, 1.82) is 0 Å². The molecule has 0 radical (unpaired) electrons. The van der Waals surface area contributed by atoms with Gasteiger partial charge in [-0.3, -0.25) is 14.7 Å². The zero-order valence-electron chi connectivity index (χ0n) is 11.3. The van der Waals surface area contributed by atoms with Crippen molar-refractivity contribution in [2.24, 2.45) is 0 Å². The number of pyridine rings is 1. The summed E-state index contributed by atoms with van der Waals surface area (Å²) in [7, 11) is 0. The highest BCUT2D eigenvalue weighted by Gasteiger charge is 2.41. The van der Waals surface area contributed by atoms with E-state index < -0.39 is 0 Å². The first kappa shape index (κ1) is 14.8. The molecule has 0 N–H and O–H groups in total. The van der Waals surface area contributed by atoms with Gasteiger partial charge in [-0.25, -0.2) is 0 Å². The maximum absolute atomic E-state index is 12.6. The van der Waals surface area contributed by atoms with E-state index in [4.69, 9.17) is 11.6 Å². The van der Waals surface area contributed by atoms with Crippen LogP contribution in [0, 0.1) is 0 Å². The predicted molar refractivity (Wildman–Crippen MR) is 90.8 cm³/mol. The molecule has 2 heterocycles. The molecule has 0 aliphatic carbocycles. The van der Waals surface area contributed by atoms with Crippen molar-refractivity contribution in [3.8, 4) is 0 Å². The van der Waals surface area contributed by atoms with Crippen molar-refractivity contribution >= 4 is 46.7 Å². The Labute approximate surface area is 137 Å². The van der Waals surface area contributed by atoms with Crippen LogP contribution in [0.5, 0.6) is 0 Å². The number of benzene rings is 1. The second kappa shape index (κ2) is 6.30. The molecule has 3 nitrogen and oxygen atoms in total. The average Bonchev–Trinajstić information content (AvgIpc) is 2.86. The van der Waals surface area contributed by atoms with Crippen LogP contribution in [-0.4, -0.2) is 21.7 Å². The first-order valence-electron chi connectivity index (χ1n) is 6.37. The molecule has 1 aliphatic rings. The Morgan fingerprint density at radius 2 is 2.05 bits per heavy atom. The fraction of sp³-hybridized carbons (Fsp3) is 0.200. The van der Waals surface area contributed by atoms with Gasteiger partial charge in [0, 0.05) is 28.7 Å². The third-order valence-electron chi connectivity index (χ3n) is 3.21. The highest BCUT2D eigenvalue weighted by molar-refractivity contribution is 8.18. The third kappa shape index (κ3) is 2.91. The van der Waals surface area contributed by atoms with Gasteiger partial charge < -0.3 is 0 Å². The molecule has 0 saturated carbocycles. The molecule has 1 amide bonds. The Morgan fingerprint density at radius 1 is 1.29 bits per heavy atom.